The molecule has 1 aliphatic rings. The first kappa shape index (κ1) is 22.3. The molecule has 0 atom stereocenters. The van der Waals surface area contributed by atoms with Gasteiger partial charge in [-0.3, -0.25) is 15.0 Å². The maximum atomic E-state index is 12.7. The van der Waals surface area contributed by atoms with Crippen molar-refractivity contribution in [1.82, 2.24) is 10.4 Å². The topological polar surface area (TPSA) is 58.6 Å². The first-order valence-electron chi connectivity index (χ1n) is 9.32. The molecule has 1 N–H and O–H groups in total. The summed E-state index contributed by atoms with van der Waals surface area (Å²) in [6, 6.07) is 12.5. The van der Waals surface area contributed by atoms with E-state index in [2.05, 4.69) is 19.3 Å². The predicted molar refractivity (Wildman–Crippen MR) is 125 cm³/mol. The van der Waals surface area contributed by atoms with Gasteiger partial charge in [0.05, 0.1) is 22.1 Å². The second kappa shape index (κ2) is 9.64. The van der Waals surface area contributed by atoms with E-state index in [1.165, 1.54) is 0 Å². The van der Waals surface area contributed by atoms with Crippen molar-refractivity contribution in [3.63, 3.8) is 0 Å². The largest absolute Gasteiger partial charge is 0.493 e. The van der Waals surface area contributed by atoms with E-state index < -0.39 is 5.91 Å². The van der Waals surface area contributed by atoms with Crippen molar-refractivity contribution in [2.75, 3.05) is 6.61 Å². The lowest BCUT2D eigenvalue weighted by molar-refractivity contribution is -0.123. The van der Waals surface area contributed by atoms with Crippen molar-refractivity contribution in [1.29, 1.82) is 0 Å². The number of hydrogen-bond acceptors (Lipinski definition) is 5. The van der Waals surface area contributed by atoms with Crippen LogP contribution in [-0.4, -0.2) is 27.8 Å². The van der Waals surface area contributed by atoms with E-state index in [1.807, 2.05) is 31.2 Å². The third-order valence-corrected chi connectivity index (χ3v) is 5.75. The lowest BCUT2D eigenvalue weighted by Crippen LogP contribution is -2.44. The van der Waals surface area contributed by atoms with Gasteiger partial charge in [-0.05, 0) is 66.5 Å². The second-order valence-electron chi connectivity index (χ2n) is 7.22. The third kappa shape index (κ3) is 5.41. The van der Waals surface area contributed by atoms with E-state index in [4.69, 9.17) is 28.6 Å². The number of carbonyl (C=O) groups is 2. The fourth-order valence-electron chi connectivity index (χ4n) is 2.60. The first-order chi connectivity index (χ1) is 14.2. The zero-order valence-electron chi connectivity index (χ0n) is 16.8. The van der Waals surface area contributed by atoms with Crippen LogP contribution in [0.1, 0.15) is 35.3 Å². The Labute approximate surface area is 190 Å². The summed E-state index contributed by atoms with van der Waals surface area (Å²) in [5.74, 6) is 0.331. The summed E-state index contributed by atoms with van der Waals surface area (Å²) in [6.07, 6.45) is 1.73. The molecule has 1 saturated heterocycles. The van der Waals surface area contributed by atoms with Gasteiger partial charge in [0.15, 0.2) is 4.32 Å². The molecule has 0 aliphatic carbocycles. The Hall–Kier alpha value is -2.35. The smallest absolute Gasteiger partial charge is 0.285 e. The molecule has 0 spiro atoms. The molecule has 0 unspecified atom stereocenters. The second-order valence-corrected chi connectivity index (χ2v) is 9.30. The molecule has 1 aliphatic heterocycles. The molecule has 1 heterocycles. The van der Waals surface area contributed by atoms with Crippen molar-refractivity contribution >= 4 is 57.8 Å². The average molecular weight is 461 g/mol. The van der Waals surface area contributed by atoms with Crippen LogP contribution in [0.5, 0.6) is 5.75 Å². The lowest BCUT2D eigenvalue weighted by Gasteiger charge is -2.16. The Kier molecular flexibility index (Phi) is 7.18. The summed E-state index contributed by atoms with van der Waals surface area (Å²) in [4.78, 5) is 25.7. The fourth-order valence-corrected chi connectivity index (χ4v) is 4.11. The van der Waals surface area contributed by atoms with Crippen molar-refractivity contribution < 1.29 is 14.3 Å². The van der Waals surface area contributed by atoms with Crippen molar-refractivity contribution in [2.45, 2.75) is 20.8 Å². The molecule has 0 bridgehead atoms. The van der Waals surface area contributed by atoms with Crippen LogP contribution in [0.3, 0.4) is 0 Å². The van der Waals surface area contributed by atoms with Crippen LogP contribution in [0, 0.1) is 12.8 Å². The number of thiocarbonyl (C=S) groups is 1. The van der Waals surface area contributed by atoms with Crippen LogP contribution in [0.2, 0.25) is 5.02 Å². The monoisotopic (exact) mass is 460 g/mol. The molecule has 0 radical (unpaired) electrons. The van der Waals surface area contributed by atoms with E-state index in [9.17, 15) is 9.59 Å². The number of carbonyl (C=O) groups excluding carboxylic acids is 2. The molecule has 0 aromatic heterocycles. The highest BCUT2D eigenvalue weighted by atomic mass is 35.5. The summed E-state index contributed by atoms with van der Waals surface area (Å²) in [6.45, 7) is 6.69. The Morgan fingerprint density at radius 1 is 1.27 bits per heavy atom. The molecule has 2 amide bonds. The lowest BCUT2D eigenvalue weighted by atomic mass is 10.1. The zero-order valence-corrected chi connectivity index (χ0v) is 19.2. The molecule has 5 nitrogen and oxygen atoms in total. The van der Waals surface area contributed by atoms with Crippen LogP contribution >= 0.6 is 35.6 Å². The van der Waals surface area contributed by atoms with Gasteiger partial charge in [0, 0.05) is 0 Å². The van der Waals surface area contributed by atoms with Crippen LogP contribution in [-0.2, 0) is 4.79 Å². The van der Waals surface area contributed by atoms with Crippen molar-refractivity contribution in [3.8, 4) is 5.75 Å². The minimum Gasteiger partial charge on any atom is -0.493 e. The zero-order chi connectivity index (χ0) is 21.8. The molecular formula is C22H21ClN2O3S2. The number of thioether (sulfide) groups is 1. The molecule has 0 saturated carbocycles. The minimum absolute atomic E-state index is 0.250. The number of nitrogens with one attached hydrogen (secondary N) is 1. The van der Waals surface area contributed by atoms with Gasteiger partial charge >= 0.3 is 0 Å². The van der Waals surface area contributed by atoms with Crippen molar-refractivity contribution in [3.05, 3.63) is 69.1 Å². The number of ether oxygens (including phenoxy) is 1. The molecule has 2 aromatic carbocycles. The van der Waals surface area contributed by atoms with Gasteiger partial charge in [-0.1, -0.05) is 55.4 Å². The fraction of sp³-hybridized carbons (Fsp3) is 0.227. The summed E-state index contributed by atoms with van der Waals surface area (Å²) < 4.78 is 5.92. The number of rotatable bonds is 6. The van der Waals surface area contributed by atoms with Crippen LogP contribution in [0.4, 0.5) is 0 Å². The highest BCUT2D eigenvalue weighted by Gasteiger charge is 2.34. The van der Waals surface area contributed by atoms with E-state index in [1.54, 1.807) is 24.3 Å². The van der Waals surface area contributed by atoms with Gasteiger partial charge in [0.1, 0.15) is 5.75 Å². The summed E-state index contributed by atoms with van der Waals surface area (Å²) in [5, 5.41) is 1.39. The average Bonchev–Trinajstić information content (AvgIpc) is 2.94. The molecule has 1 fully saturated rings. The first-order valence-corrected chi connectivity index (χ1v) is 10.9. The normalized spacial score (nSPS) is 15.2. The summed E-state index contributed by atoms with van der Waals surface area (Å²) in [5.41, 5.74) is 4.59. The van der Waals surface area contributed by atoms with E-state index >= 15 is 0 Å². The quantitative estimate of drug-likeness (QED) is 0.472. The molecule has 8 heteroatoms. The summed E-state index contributed by atoms with van der Waals surface area (Å²) in [7, 11) is 0. The Bertz CT molecular complexity index is 1020. The van der Waals surface area contributed by atoms with Gasteiger partial charge in [0.2, 0.25) is 0 Å². The molecule has 30 heavy (non-hydrogen) atoms. The number of nitrogens with zero attached hydrogens (tertiary/aromatic N) is 1. The number of hydrogen-bond donors (Lipinski definition) is 1. The molecular weight excluding hydrogens is 440 g/mol. The predicted octanol–water partition coefficient (Wildman–Crippen LogP) is 5.23. The van der Waals surface area contributed by atoms with E-state index in [-0.39, 0.29) is 15.8 Å². The van der Waals surface area contributed by atoms with Gasteiger partial charge in [0.25, 0.3) is 11.8 Å². The molecule has 156 valence electrons. The van der Waals surface area contributed by atoms with Gasteiger partial charge in [-0.15, -0.1) is 0 Å². The maximum absolute atomic E-state index is 12.7. The molecule has 2 aromatic rings. The van der Waals surface area contributed by atoms with E-state index in [0.717, 1.165) is 33.6 Å². The maximum Gasteiger partial charge on any atom is 0.285 e. The highest BCUT2D eigenvalue weighted by Crippen LogP contribution is 2.32. The highest BCUT2D eigenvalue weighted by molar-refractivity contribution is 8.26. The van der Waals surface area contributed by atoms with Crippen LogP contribution in [0.15, 0.2) is 47.4 Å². The number of benzene rings is 2. The molecule has 3 rings (SSSR count). The Morgan fingerprint density at radius 2 is 1.97 bits per heavy atom. The Morgan fingerprint density at radius 3 is 2.60 bits per heavy atom. The Balaban J connectivity index is 1.70. The third-order valence-electron chi connectivity index (χ3n) is 4.14. The van der Waals surface area contributed by atoms with Gasteiger partial charge in [-0.25, -0.2) is 0 Å². The number of halogens is 1. The standard InChI is InChI=1S/C22H21ClN2O3S2/c1-13(2)12-28-16-7-5-15(6-8-16)11-19-21(27)25(22(29)30-19)24-20(26)17-9-4-14(3)10-18(17)23/h4-11,13H,12H2,1-3H3,(H,24,26)/b19-11-. The van der Waals surface area contributed by atoms with Gasteiger partial charge in [-0.2, -0.15) is 5.01 Å². The number of hydrazine groups is 1. The van der Waals surface area contributed by atoms with E-state index in [0.29, 0.717) is 22.5 Å². The minimum atomic E-state index is -0.496. The SMILES string of the molecule is Cc1ccc(C(=O)NN2C(=O)/C(=C/c3ccc(OCC(C)C)cc3)SC2=S)c(Cl)c1. The van der Waals surface area contributed by atoms with Crippen LogP contribution < -0.4 is 10.2 Å². The van der Waals surface area contributed by atoms with Gasteiger partial charge < -0.3 is 4.74 Å². The summed E-state index contributed by atoms with van der Waals surface area (Å²) >= 11 is 12.5. The van der Waals surface area contributed by atoms with Crippen LogP contribution in [0.25, 0.3) is 6.08 Å². The number of amides is 2. The van der Waals surface area contributed by atoms with Crippen molar-refractivity contribution in [2.24, 2.45) is 5.92 Å². The number of aryl methyl sites for hydroxylation is 1.